The Kier molecular flexibility index (Phi) is 3.63. The summed E-state index contributed by atoms with van der Waals surface area (Å²) in [5.41, 5.74) is 6.78. The van der Waals surface area contributed by atoms with E-state index in [0.29, 0.717) is 11.7 Å². The molecule has 1 aliphatic rings. The molecule has 0 radical (unpaired) electrons. The van der Waals surface area contributed by atoms with E-state index in [2.05, 4.69) is 15.5 Å². The molecule has 1 saturated carbocycles. The third kappa shape index (κ3) is 2.51. The van der Waals surface area contributed by atoms with E-state index < -0.39 is 0 Å². The SMILES string of the molecule is Cc1nn(C)c(C)c1-c1nc(NN)cc(C2CCCC2)n1. The van der Waals surface area contributed by atoms with Gasteiger partial charge in [0.05, 0.1) is 11.3 Å². The number of aromatic nitrogens is 4. The van der Waals surface area contributed by atoms with Crippen LogP contribution in [0.3, 0.4) is 0 Å². The Morgan fingerprint density at radius 3 is 2.52 bits per heavy atom. The van der Waals surface area contributed by atoms with Crippen molar-refractivity contribution in [2.75, 3.05) is 5.43 Å². The third-order valence-electron chi connectivity index (χ3n) is 4.40. The number of nitrogen functional groups attached to an aromatic ring is 1. The molecule has 2 aromatic rings. The maximum Gasteiger partial charge on any atom is 0.165 e. The van der Waals surface area contributed by atoms with Gasteiger partial charge in [-0.3, -0.25) is 4.68 Å². The number of nitrogens with zero attached hydrogens (tertiary/aromatic N) is 4. The normalized spacial score (nSPS) is 15.6. The molecule has 1 fully saturated rings. The smallest absolute Gasteiger partial charge is 0.165 e. The molecule has 0 unspecified atom stereocenters. The summed E-state index contributed by atoms with van der Waals surface area (Å²) in [6.45, 7) is 4.03. The molecule has 21 heavy (non-hydrogen) atoms. The molecule has 0 aromatic carbocycles. The summed E-state index contributed by atoms with van der Waals surface area (Å²) in [5, 5.41) is 4.45. The van der Waals surface area contributed by atoms with E-state index in [0.717, 1.165) is 28.5 Å². The van der Waals surface area contributed by atoms with E-state index in [1.165, 1.54) is 25.7 Å². The Hall–Kier alpha value is -1.95. The van der Waals surface area contributed by atoms with E-state index >= 15 is 0 Å². The Balaban J connectivity index is 2.11. The standard InChI is InChI=1S/C15H22N6/c1-9-14(10(2)21(3)20-9)15-17-12(8-13(18-15)19-16)11-6-4-5-7-11/h8,11H,4-7,16H2,1-3H3,(H,17,18,19). The second kappa shape index (κ2) is 5.44. The summed E-state index contributed by atoms with van der Waals surface area (Å²) in [7, 11) is 1.94. The minimum absolute atomic E-state index is 0.524. The van der Waals surface area contributed by atoms with E-state index in [9.17, 15) is 0 Å². The van der Waals surface area contributed by atoms with Crippen molar-refractivity contribution in [3.63, 3.8) is 0 Å². The highest BCUT2D eigenvalue weighted by atomic mass is 15.3. The minimum atomic E-state index is 0.524. The molecule has 6 heteroatoms. The predicted molar refractivity (Wildman–Crippen MR) is 82.7 cm³/mol. The summed E-state index contributed by atoms with van der Waals surface area (Å²) in [5.74, 6) is 7.50. The number of anilines is 1. The first-order valence-corrected chi connectivity index (χ1v) is 7.46. The zero-order chi connectivity index (χ0) is 15.0. The summed E-state index contributed by atoms with van der Waals surface area (Å²) >= 11 is 0. The highest BCUT2D eigenvalue weighted by molar-refractivity contribution is 5.63. The number of rotatable bonds is 3. The quantitative estimate of drug-likeness (QED) is 0.669. The van der Waals surface area contributed by atoms with Gasteiger partial charge in [-0.15, -0.1) is 0 Å². The number of nitrogens with one attached hydrogen (secondary N) is 1. The van der Waals surface area contributed by atoms with Crippen molar-refractivity contribution in [2.24, 2.45) is 12.9 Å². The number of hydrazine groups is 1. The van der Waals surface area contributed by atoms with Crippen LogP contribution in [0.1, 0.15) is 48.7 Å². The first-order valence-electron chi connectivity index (χ1n) is 7.46. The van der Waals surface area contributed by atoms with Gasteiger partial charge < -0.3 is 5.43 Å². The Morgan fingerprint density at radius 1 is 1.24 bits per heavy atom. The molecule has 3 N–H and O–H groups in total. The first kappa shape index (κ1) is 14.0. The van der Waals surface area contributed by atoms with Crippen LogP contribution in [-0.2, 0) is 7.05 Å². The fourth-order valence-corrected chi connectivity index (χ4v) is 3.18. The van der Waals surface area contributed by atoms with Gasteiger partial charge in [-0.25, -0.2) is 15.8 Å². The molecule has 0 aliphatic heterocycles. The van der Waals surface area contributed by atoms with Gasteiger partial charge >= 0.3 is 0 Å². The molecule has 0 saturated heterocycles. The topological polar surface area (TPSA) is 81.7 Å². The summed E-state index contributed by atoms with van der Waals surface area (Å²) < 4.78 is 1.87. The monoisotopic (exact) mass is 286 g/mol. The maximum absolute atomic E-state index is 5.58. The molecule has 6 nitrogen and oxygen atoms in total. The lowest BCUT2D eigenvalue weighted by Crippen LogP contribution is -2.11. The van der Waals surface area contributed by atoms with Crippen LogP contribution in [0, 0.1) is 13.8 Å². The average molecular weight is 286 g/mol. The number of aryl methyl sites for hydroxylation is 2. The first-order chi connectivity index (χ1) is 10.1. The molecule has 0 amide bonds. The Bertz CT molecular complexity index is 654. The molecular weight excluding hydrogens is 264 g/mol. The van der Waals surface area contributed by atoms with E-state index in [1.807, 2.05) is 31.6 Å². The molecule has 0 bridgehead atoms. The largest absolute Gasteiger partial charge is 0.308 e. The fraction of sp³-hybridized carbons (Fsp3) is 0.533. The van der Waals surface area contributed by atoms with Crippen LogP contribution < -0.4 is 11.3 Å². The van der Waals surface area contributed by atoms with Gasteiger partial charge in [-0.05, 0) is 26.7 Å². The molecule has 0 spiro atoms. The highest BCUT2D eigenvalue weighted by Gasteiger charge is 2.22. The second-order valence-electron chi connectivity index (χ2n) is 5.80. The lowest BCUT2D eigenvalue weighted by Gasteiger charge is -2.12. The van der Waals surface area contributed by atoms with Crippen LogP contribution in [0.25, 0.3) is 11.4 Å². The molecule has 1 aliphatic carbocycles. The number of hydrogen-bond donors (Lipinski definition) is 2. The molecule has 3 rings (SSSR count). The van der Waals surface area contributed by atoms with Crippen LogP contribution in [0.4, 0.5) is 5.82 Å². The van der Waals surface area contributed by atoms with Crippen LogP contribution in [0.2, 0.25) is 0 Å². The lowest BCUT2D eigenvalue weighted by atomic mass is 10.0. The lowest BCUT2D eigenvalue weighted by molar-refractivity contribution is 0.695. The van der Waals surface area contributed by atoms with Crippen molar-refractivity contribution in [3.8, 4) is 11.4 Å². The van der Waals surface area contributed by atoms with Gasteiger partial charge in [0.1, 0.15) is 5.82 Å². The summed E-state index contributed by atoms with van der Waals surface area (Å²) in [6.07, 6.45) is 4.96. The van der Waals surface area contributed by atoms with Crippen molar-refractivity contribution >= 4 is 5.82 Å². The average Bonchev–Trinajstić information content (AvgIpc) is 3.08. The highest BCUT2D eigenvalue weighted by Crippen LogP contribution is 2.35. The Morgan fingerprint density at radius 2 is 1.95 bits per heavy atom. The molecular formula is C15H22N6. The van der Waals surface area contributed by atoms with E-state index in [1.54, 1.807) is 0 Å². The summed E-state index contributed by atoms with van der Waals surface area (Å²) in [4.78, 5) is 9.34. The maximum atomic E-state index is 5.58. The van der Waals surface area contributed by atoms with Crippen molar-refractivity contribution in [1.29, 1.82) is 0 Å². The van der Waals surface area contributed by atoms with Crippen molar-refractivity contribution in [2.45, 2.75) is 45.4 Å². The number of nitrogens with two attached hydrogens (primary N) is 1. The van der Waals surface area contributed by atoms with Gasteiger partial charge in [0.2, 0.25) is 0 Å². The third-order valence-corrected chi connectivity index (χ3v) is 4.40. The van der Waals surface area contributed by atoms with Gasteiger partial charge in [0.25, 0.3) is 0 Å². The van der Waals surface area contributed by atoms with Gasteiger partial charge in [-0.2, -0.15) is 5.10 Å². The van der Waals surface area contributed by atoms with Gasteiger partial charge in [0.15, 0.2) is 5.82 Å². The van der Waals surface area contributed by atoms with Crippen molar-refractivity contribution < 1.29 is 0 Å². The Labute approximate surface area is 124 Å². The van der Waals surface area contributed by atoms with Crippen LogP contribution >= 0.6 is 0 Å². The van der Waals surface area contributed by atoms with Crippen LogP contribution in [0.5, 0.6) is 0 Å². The molecule has 2 aromatic heterocycles. The second-order valence-corrected chi connectivity index (χ2v) is 5.80. The van der Waals surface area contributed by atoms with Crippen LogP contribution in [-0.4, -0.2) is 19.7 Å². The minimum Gasteiger partial charge on any atom is -0.308 e. The van der Waals surface area contributed by atoms with Crippen molar-refractivity contribution in [1.82, 2.24) is 19.7 Å². The van der Waals surface area contributed by atoms with E-state index in [4.69, 9.17) is 10.8 Å². The molecule has 2 heterocycles. The predicted octanol–water partition coefficient (Wildman–Crippen LogP) is 2.44. The zero-order valence-electron chi connectivity index (χ0n) is 12.8. The molecule has 112 valence electrons. The summed E-state index contributed by atoms with van der Waals surface area (Å²) in [6, 6.07) is 1.97. The number of hydrogen-bond acceptors (Lipinski definition) is 5. The van der Waals surface area contributed by atoms with E-state index in [-0.39, 0.29) is 0 Å². The van der Waals surface area contributed by atoms with Gasteiger partial charge in [-0.1, -0.05) is 12.8 Å². The van der Waals surface area contributed by atoms with Gasteiger partial charge in [0, 0.05) is 30.4 Å². The van der Waals surface area contributed by atoms with Crippen LogP contribution in [0.15, 0.2) is 6.07 Å². The van der Waals surface area contributed by atoms with Crippen molar-refractivity contribution in [3.05, 3.63) is 23.1 Å². The fourth-order valence-electron chi connectivity index (χ4n) is 3.18. The molecule has 0 atom stereocenters. The zero-order valence-corrected chi connectivity index (χ0v) is 12.8.